The highest BCUT2D eigenvalue weighted by Crippen LogP contribution is 2.10. The van der Waals surface area contributed by atoms with Crippen molar-refractivity contribution in [3.05, 3.63) is 35.9 Å². The molecule has 0 fully saturated rings. The average molecular weight is 495 g/mol. The standard InChI is InChI=1S/C24H34N2O9/c1-24(2,3)35-23(31)26-18(22(30)34-15-16-9-7-6-8-10-16)11-13-19(27)25-17(21(29)33-5)12-14-20(28)32-4/h6-10,17-18H,11-15H2,1-5H3,(H,25,27)(H,26,31)/t17-,18-/m0/s1. The molecule has 0 aliphatic heterocycles. The fourth-order valence-electron chi connectivity index (χ4n) is 2.83. The minimum absolute atomic E-state index is 0.0175. The van der Waals surface area contributed by atoms with Gasteiger partial charge in [0.15, 0.2) is 0 Å². The average Bonchev–Trinajstić information content (AvgIpc) is 2.81. The predicted octanol–water partition coefficient (Wildman–Crippen LogP) is 2.01. The van der Waals surface area contributed by atoms with Crippen LogP contribution in [0.25, 0.3) is 0 Å². The Kier molecular flexibility index (Phi) is 12.3. The largest absolute Gasteiger partial charge is 0.469 e. The SMILES string of the molecule is COC(=O)CC[C@H](NC(=O)CC[C@H](NC(=O)OC(C)(C)C)C(=O)OCc1ccccc1)C(=O)OC. The van der Waals surface area contributed by atoms with Gasteiger partial charge in [0.1, 0.15) is 24.3 Å². The van der Waals surface area contributed by atoms with Crippen molar-refractivity contribution in [1.29, 1.82) is 0 Å². The van der Waals surface area contributed by atoms with Crippen molar-refractivity contribution in [2.24, 2.45) is 0 Å². The molecule has 0 aliphatic carbocycles. The van der Waals surface area contributed by atoms with Crippen molar-refractivity contribution in [3.63, 3.8) is 0 Å². The van der Waals surface area contributed by atoms with Gasteiger partial charge in [0.25, 0.3) is 0 Å². The van der Waals surface area contributed by atoms with E-state index in [1.165, 1.54) is 7.11 Å². The molecule has 0 unspecified atom stereocenters. The highest BCUT2D eigenvalue weighted by molar-refractivity contribution is 5.86. The zero-order chi connectivity index (χ0) is 26.4. The van der Waals surface area contributed by atoms with E-state index in [9.17, 15) is 24.0 Å². The fourth-order valence-corrected chi connectivity index (χ4v) is 2.83. The Labute approximate surface area is 204 Å². The van der Waals surface area contributed by atoms with Crippen molar-refractivity contribution in [2.75, 3.05) is 14.2 Å². The van der Waals surface area contributed by atoms with Crippen molar-refractivity contribution >= 4 is 29.9 Å². The lowest BCUT2D eigenvalue weighted by Gasteiger charge is -2.23. The van der Waals surface area contributed by atoms with Gasteiger partial charge >= 0.3 is 24.0 Å². The number of alkyl carbamates (subject to hydrolysis) is 1. The van der Waals surface area contributed by atoms with Crippen LogP contribution in [0.4, 0.5) is 4.79 Å². The van der Waals surface area contributed by atoms with Gasteiger partial charge < -0.3 is 29.6 Å². The molecule has 1 aromatic carbocycles. The quantitative estimate of drug-likeness (QED) is 0.329. The van der Waals surface area contributed by atoms with Crippen LogP contribution in [0.1, 0.15) is 52.0 Å². The van der Waals surface area contributed by atoms with Crippen molar-refractivity contribution < 1.29 is 42.9 Å². The minimum Gasteiger partial charge on any atom is -0.469 e. The van der Waals surface area contributed by atoms with E-state index in [0.717, 1.165) is 12.7 Å². The molecular formula is C24H34N2O9. The normalized spacial score (nSPS) is 12.5. The molecule has 1 rings (SSSR count). The van der Waals surface area contributed by atoms with E-state index in [1.54, 1.807) is 45.0 Å². The molecule has 0 aliphatic rings. The molecule has 11 nitrogen and oxygen atoms in total. The van der Waals surface area contributed by atoms with Gasteiger partial charge in [-0.25, -0.2) is 14.4 Å². The van der Waals surface area contributed by atoms with Crippen LogP contribution in [0.15, 0.2) is 30.3 Å². The highest BCUT2D eigenvalue weighted by Gasteiger charge is 2.28. The number of esters is 3. The maximum Gasteiger partial charge on any atom is 0.408 e. The number of amides is 2. The van der Waals surface area contributed by atoms with E-state index < -0.39 is 47.6 Å². The first kappa shape index (κ1) is 29.4. The summed E-state index contributed by atoms with van der Waals surface area (Å²) in [4.78, 5) is 60.7. The second kappa shape index (κ2) is 14.6. The second-order valence-corrected chi connectivity index (χ2v) is 8.59. The van der Waals surface area contributed by atoms with Gasteiger partial charge in [0.05, 0.1) is 14.2 Å². The van der Waals surface area contributed by atoms with Gasteiger partial charge in [0, 0.05) is 12.8 Å². The summed E-state index contributed by atoms with van der Waals surface area (Å²) >= 11 is 0. The summed E-state index contributed by atoms with van der Waals surface area (Å²) in [5, 5.41) is 4.90. The van der Waals surface area contributed by atoms with Crippen molar-refractivity contribution in [2.45, 2.75) is 70.7 Å². The van der Waals surface area contributed by atoms with Crippen LogP contribution in [0.2, 0.25) is 0 Å². The van der Waals surface area contributed by atoms with E-state index in [-0.39, 0.29) is 32.3 Å². The molecule has 0 aromatic heterocycles. The summed E-state index contributed by atoms with van der Waals surface area (Å²) in [6, 6.07) is 6.71. The monoisotopic (exact) mass is 494 g/mol. The Balaban J connectivity index is 2.79. The van der Waals surface area contributed by atoms with E-state index in [4.69, 9.17) is 9.47 Å². The van der Waals surface area contributed by atoms with Gasteiger partial charge in [-0.05, 0) is 39.2 Å². The third-order valence-electron chi connectivity index (χ3n) is 4.55. The number of rotatable bonds is 12. The number of ether oxygens (including phenoxy) is 4. The highest BCUT2D eigenvalue weighted by atomic mass is 16.6. The summed E-state index contributed by atoms with van der Waals surface area (Å²) in [6.45, 7) is 4.99. The summed E-state index contributed by atoms with van der Waals surface area (Å²) < 4.78 is 19.7. The van der Waals surface area contributed by atoms with Gasteiger partial charge in [-0.3, -0.25) is 9.59 Å². The first-order valence-corrected chi connectivity index (χ1v) is 11.1. The van der Waals surface area contributed by atoms with Crippen LogP contribution in [0, 0.1) is 0 Å². The fraction of sp³-hybridized carbons (Fsp3) is 0.542. The lowest BCUT2D eigenvalue weighted by molar-refractivity contribution is -0.149. The van der Waals surface area contributed by atoms with E-state index in [0.29, 0.717) is 0 Å². The van der Waals surface area contributed by atoms with E-state index in [2.05, 4.69) is 20.1 Å². The Morgan fingerprint density at radius 1 is 0.829 bits per heavy atom. The van der Waals surface area contributed by atoms with Gasteiger partial charge in [-0.1, -0.05) is 30.3 Å². The number of methoxy groups -OCH3 is 2. The van der Waals surface area contributed by atoms with Crippen LogP contribution < -0.4 is 10.6 Å². The molecule has 0 heterocycles. The van der Waals surface area contributed by atoms with Crippen molar-refractivity contribution in [1.82, 2.24) is 10.6 Å². The Morgan fingerprint density at radius 3 is 2.00 bits per heavy atom. The number of carbonyl (C=O) groups excluding carboxylic acids is 5. The number of hydrogen-bond acceptors (Lipinski definition) is 9. The molecule has 11 heteroatoms. The zero-order valence-corrected chi connectivity index (χ0v) is 20.8. The van der Waals surface area contributed by atoms with Crippen molar-refractivity contribution in [3.8, 4) is 0 Å². The first-order chi connectivity index (χ1) is 16.4. The molecule has 1 aromatic rings. The predicted molar refractivity (Wildman–Crippen MR) is 124 cm³/mol. The number of hydrogen-bond donors (Lipinski definition) is 2. The molecule has 2 N–H and O–H groups in total. The van der Waals surface area contributed by atoms with Crippen LogP contribution in [0.3, 0.4) is 0 Å². The number of carbonyl (C=O) groups is 5. The summed E-state index contributed by atoms with van der Waals surface area (Å²) in [6.07, 6.45) is -1.32. The molecule has 0 saturated carbocycles. The van der Waals surface area contributed by atoms with E-state index in [1.807, 2.05) is 6.07 Å². The van der Waals surface area contributed by atoms with Crippen LogP contribution in [-0.2, 0) is 44.7 Å². The lowest BCUT2D eigenvalue weighted by atomic mass is 10.1. The smallest absolute Gasteiger partial charge is 0.408 e. The van der Waals surface area contributed by atoms with Gasteiger partial charge in [0.2, 0.25) is 5.91 Å². The maximum absolute atomic E-state index is 12.7. The topological polar surface area (TPSA) is 146 Å². The van der Waals surface area contributed by atoms with Crippen LogP contribution in [0.5, 0.6) is 0 Å². The molecule has 194 valence electrons. The molecule has 0 spiro atoms. The van der Waals surface area contributed by atoms with Crippen LogP contribution >= 0.6 is 0 Å². The summed E-state index contributed by atoms with van der Waals surface area (Å²) in [5.74, 6) is -2.61. The second-order valence-electron chi connectivity index (χ2n) is 8.59. The Hall–Kier alpha value is -3.63. The summed E-state index contributed by atoms with van der Waals surface area (Å²) in [7, 11) is 2.37. The van der Waals surface area contributed by atoms with Crippen LogP contribution in [-0.4, -0.2) is 61.8 Å². The molecule has 2 amide bonds. The Bertz CT molecular complexity index is 865. The molecule has 2 atom stereocenters. The minimum atomic E-state index is -1.18. The first-order valence-electron chi connectivity index (χ1n) is 11.1. The van der Waals surface area contributed by atoms with E-state index >= 15 is 0 Å². The molecule has 35 heavy (non-hydrogen) atoms. The third-order valence-corrected chi connectivity index (χ3v) is 4.55. The molecule has 0 bridgehead atoms. The molecule has 0 radical (unpaired) electrons. The maximum atomic E-state index is 12.7. The molecule has 0 saturated heterocycles. The lowest BCUT2D eigenvalue weighted by Crippen LogP contribution is -2.46. The van der Waals surface area contributed by atoms with Gasteiger partial charge in [-0.15, -0.1) is 0 Å². The third kappa shape index (κ3) is 12.4. The zero-order valence-electron chi connectivity index (χ0n) is 20.8. The van der Waals surface area contributed by atoms with Gasteiger partial charge in [-0.2, -0.15) is 0 Å². The summed E-state index contributed by atoms with van der Waals surface area (Å²) in [5.41, 5.74) is -0.0472. The number of nitrogens with one attached hydrogen (secondary N) is 2. The Morgan fingerprint density at radius 2 is 1.43 bits per heavy atom. The molecular weight excluding hydrogens is 460 g/mol. The number of benzene rings is 1.